The fourth-order valence-electron chi connectivity index (χ4n) is 2.21. The molecule has 2 rings (SSSR count). The fourth-order valence-corrected chi connectivity index (χ4v) is 3.17. The smallest absolute Gasteiger partial charge is 0.261 e. The topological polar surface area (TPSA) is 64.3 Å². The van der Waals surface area contributed by atoms with Gasteiger partial charge in [0.1, 0.15) is 5.75 Å². The number of unbranched alkanes of at least 4 members (excludes halogenated alkanes) is 1. The number of rotatable bonds is 7. The number of ether oxygens (including phenoxy) is 1. The first-order valence-corrected chi connectivity index (χ1v) is 8.20. The molecule has 1 aromatic carbocycles. The number of benzene rings is 1. The van der Waals surface area contributed by atoms with Gasteiger partial charge in [0, 0.05) is 11.4 Å². The Hall–Kier alpha value is -1.85. The van der Waals surface area contributed by atoms with E-state index in [1.54, 1.807) is 7.11 Å². The number of aryl methyl sites for hydroxylation is 1. The standard InChI is InChI=1S/C17H22N2O2S/c1-12-15(13-5-7-14(21-2)8-6-13)11-16(22-12)17(20)19-10-4-3-9-18/h5-8,11H,3-4,9-10,18H2,1-2H3,(H,19,20). The molecule has 0 aliphatic rings. The van der Waals surface area contributed by atoms with Gasteiger partial charge < -0.3 is 15.8 Å². The van der Waals surface area contributed by atoms with Crippen LogP contribution in [0.2, 0.25) is 0 Å². The maximum atomic E-state index is 12.2. The van der Waals surface area contributed by atoms with Crippen LogP contribution in [0.1, 0.15) is 27.4 Å². The third-order valence-electron chi connectivity index (χ3n) is 3.46. The van der Waals surface area contributed by atoms with Crippen molar-refractivity contribution >= 4 is 17.2 Å². The normalized spacial score (nSPS) is 10.5. The van der Waals surface area contributed by atoms with Crippen LogP contribution >= 0.6 is 11.3 Å². The fraction of sp³-hybridized carbons (Fsp3) is 0.353. The summed E-state index contributed by atoms with van der Waals surface area (Å²) < 4.78 is 5.17. The van der Waals surface area contributed by atoms with Gasteiger partial charge in [0.05, 0.1) is 12.0 Å². The van der Waals surface area contributed by atoms with E-state index in [1.165, 1.54) is 11.3 Å². The Bertz CT molecular complexity index is 620. The molecular formula is C17H22N2O2S. The van der Waals surface area contributed by atoms with E-state index in [4.69, 9.17) is 10.5 Å². The molecule has 0 saturated carbocycles. The summed E-state index contributed by atoms with van der Waals surface area (Å²) in [6, 6.07) is 9.84. The molecule has 0 bridgehead atoms. The molecule has 0 fully saturated rings. The van der Waals surface area contributed by atoms with Crippen LogP contribution in [0.15, 0.2) is 30.3 Å². The van der Waals surface area contributed by atoms with Gasteiger partial charge in [0.2, 0.25) is 0 Å². The summed E-state index contributed by atoms with van der Waals surface area (Å²) in [5.41, 5.74) is 7.64. The molecule has 1 heterocycles. The summed E-state index contributed by atoms with van der Waals surface area (Å²) in [5, 5.41) is 2.94. The van der Waals surface area contributed by atoms with E-state index in [2.05, 4.69) is 5.32 Å². The summed E-state index contributed by atoms with van der Waals surface area (Å²) in [7, 11) is 1.65. The van der Waals surface area contributed by atoms with Crippen LogP contribution in [0.25, 0.3) is 11.1 Å². The molecule has 22 heavy (non-hydrogen) atoms. The highest BCUT2D eigenvalue weighted by molar-refractivity contribution is 7.14. The molecule has 0 spiro atoms. The predicted octanol–water partition coefficient (Wildman–Crippen LogP) is 3.20. The summed E-state index contributed by atoms with van der Waals surface area (Å²) >= 11 is 1.52. The summed E-state index contributed by atoms with van der Waals surface area (Å²) in [4.78, 5) is 14.0. The van der Waals surface area contributed by atoms with Crippen LogP contribution in [0.4, 0.5) is 0 Å². The molecule has 118 valence electrons. The second-order valence-electron chi connectivity index (χ2n) is 5.06. The van der Waals surface area contributed by atoms with Crippen molar-refractivity contribution in [3.8, 4) is 16.9 Å². The number of nitrogens with two attached hydrogens (primary N) is 1. The Morgan fingerprint density at radius 3 is 2.64 bits per heavy atom. The number of nitrogens with one attached hydrogen (secondary N) is 1. The van der Waals surface area contributed by atoms with Gasteiger partial charge in [0.15, 0.2) is 0 Å². The van der Waals surface area contributed by atoms with Crippen LogP contribution in [0.5, 0.6) is 5.75 Å². The van der Waals surface area contributed by atoms with Crippen LogP contribution in [-0.2, 0) is 0 Å². The van der Waals surface area contributed by atoms with Crippen molar-refractivity contribution in [1.29, 1.82) is 0 Å². The molecule has 0 atom stereocenters. The van der Waals surface area contributed by atoms with Gasteiger partial charge in [0.25, 0.3) is 5.91 Å². The summed E-state index contributed by atoms with van der Waals surface area (Å²) in [5.74, 6) is 0.819. The molecule has 0 saturated heterocycles. The summed E-state index contributed by atoms with van der Waals surface area (Å²) in [6.07, 6.45) is 1.85. The summed E-state index contributed by atoms with van der Waals surface area (Å²) in [6.45, 7) is 3.37. The van der Waals surface area contributed by atoms with Gasteiger partial charge in [-0.2, -0.15) is 0 Å². The number of carbonyl (C=O) groups excluding carboxylic acids is 1. The van der Waals surface area contributed by atoms with Gasteiger partial charge in [-0.05, 0) is 55.6 Å². The third-order valence-corrected chi connectivity index (χ3v) is 4.51. The molecule has 0 unspecified atom stereocenters. The van der Waals surface area contributed by atoms with Crippen LogP contribution in [0.3, 0.4) is 0 Å². The van der Waals surface area contributed by atoms with Crippen molar-refractivity contribution in [3.05, 3.63) is 40.1 Å². The highest BCUT2D eigenvalue weighted by atomic mass is 32.1. The minimum absolute atomic E-state index is 0.00937. The van der Waals surface area contributed by atoms with Crippen molar-refractivity contribution in [2.75, 3.05) is 20.2 Å². The van der Waals surface area contributed by atoms with Crippen LogP contribution in [-0.4, -0.2) is 26.1 Å². The van der Waals surface area contributed by atoms with Crippen molar-refractivity contribution in [3.63, 3.8) is 0 Å². The lowest BCUT2D eigenvalue weighted by Crippen LogP contribution is -2.23. The van der Waals surface area contributed by atoms with Gasteiger partial charge in [-0.15, -0.1) is 11.3 Å². The molecule has 0 aliphatic carbocycles. The zero-order valence-electron chi connectivity index (χ0n) is 13.0. The van der Waals surface area contributed by atoms with Gasteiger partial charge >= 0.3 is 0 Å². The predicted molar refractivity (Wildman–Crippen MR) is 91.7 cm³/mol. The number of hydrogen-bond acceptors (Lipinski definition) is 4. The molecule has 3 N–H and O–H groups in total. The minimum atomic E-state index is -0.00937. The van der Waals surface area contributed by atoms with Crippen molar-refractivity contribution in [2.24, 2.45) is 5.73 Å². The number of thiophene rings is 1. The van der Waals surface area contributed by atoms with E-state index in [1.807, 2.05) is 37.3 Å². The molecule has 2 aromatic rings. The lowest BCUT2D eigenvalue weighted by Gasteiger charge is -2.03. The second kappa shape index (κ2) is 7.96. The molecule has 1 amide bonds. The molecular weight excluding hydrogens is 296 g/mol. The van der Waals surface area contributed by atoms with E-state index in [0.717, 1.165) is 39.5 Å². The Labute approximate surface area is 135 Å². The molecule has 5 heteroatoms. The van der Waals surface area contributed by atoms with Crippen LogP contribution in [0, 0.1) is 6.92 Å². The van der Waals surface area contributed by atoms with E-state index >= 15 is 0 Å². The lowest BCUT2D eigenvalue weighted by molar-refractivity contribution is 0.0957. The Balaban J connectivity index is 2.08. The third kappa shape index (κ3) is 4.08. The average Bonchev–Trinajstić information content (AvgIpc) is 2.93. The van der Waals surface area contributed by atoms with Gasteiger partial charge in [-0.1, -0.05) is 12.1 Å². The highest BCUT2D eigenvalue weighted by Crippen LogP contribution is 2.31. The Morgan fingerprint density at radius 2 is 2.00 bits per heavy atom. The maximum Gasteiger partial charge on any atom is 0.261 e. The largest absolute Gasteiger partial charge is 0.497 e. The Morgan fingerprint density at radius 1 is 1.27 bits per heavy atom. The first-order chi connectivity index (χ1) is 10.7. The number of carbonyl (C=O) groups is 1. The monoisotopic (exact) mass is 318 g/mol. The zero-order valence-corrected chi connectivity index (χ0v) is 13.8. The maximum absolute atomic E-state index is 12.2. The SMILES string of the molecule is COc1ccc(-c2cc(C(=O)NCCCCN)sc2C)cc1. The molecule has 4 nitrogen and oxygen atoms in total. The minimum Gasteiger partial charge on any atom is -0.497 e. The first kappa shape index (κ1) is 16.5. The van der Waals surface area contributed by atoms with E-state index < -0.39 is 0 Å². The van der Waals surface area contributed by atoms with Crippen LogP contribution < -0.4 is 15.8 Å². The van der Waals surface area contributed by atoms with Crippen molar-refractivity contribution in [2.45, 2.75) is 19.8 Å². The van der Waals surface area contributed by atoms with Gasteiger partial charge in [-0.3, -0.25) is 4.79 Å². The van der Waals surface area contributed by atoms with E-state index in [0.29, 0.717) is 13.1 Å². The quantitative estimate of drug-likeness (QED) is 0.771. The molecule has 0 aliphatic heterocycles. The van der Waals surface area contributed by atoms with E-state index in [-0.39, 0.29) is 5.91 Å². The lowest BCUT2D eigenvalue weighted by atomic mass is 10.1. The van der Waals surface area contributed by atoms with Crippen molar-refractivity contribution in [1.82, 2.24) is 5.32 Å². The zero-order chi connectivity index (χ0) is 15.9. The molecule has 1 aromatic heterocycles. The molecule has 0 radical (unpaired) electrons. The van der Waals surface area contributed by atoms with Crippen molar-refractivity contribution < 1.29 is 9.53 Å². The number of methoxy groups -OCH3 is 1. The number of amides is 1. The number of hydrogen-bond donors (Lipinski definition) is 2. The Kier molecular flexibility index (Phi) is 5.98. The highest BCUT2D eigenvalue weighted by Gasteiger charge is 2.13. The van der Waals surface area contributed by atoms with Gasteiger partial charge in [-0.25, -0.2) is 0 Å². The van der Waals surface area contributed by atoms with E-state index in [9.17, 15) is 4.79 Å². The average molecular weight is 318 g/mol. The second-order valence-corrected chi connectivity index (χ2v) is 6.32. The first-order valence-electron chi connectivity index (χ1n) is 7.39.